The number of phenolic OH excluding ortho intramolecular Hbond substituents is 1. The van der Waals surface area contributed by atoms with E-state index in [9.17, 15) is 24.8 Å². The monoisotopic (exact) mass is 485 g/mol. The predicted molar refractivity (Wildman–Crippen MR) is 103 cm³/mol. The lowest BCUT2D eigenvalue weighted by Crippen LogP contribution is -2.35. The van der Waals surface area contributed by atoms with E-state index in [-0.39, 0.29) is 16.2 Å². The van der Waals surface area contributed by atoms with Crippen molar-refractivity contribution in [2.45, 2.75) is 0 Å². The molecule has 10 heteroatoms. The van der Waals surface area contributed by atoms with E-state index in [1.807, 2.05) is 0 Å². The first-order valence-electron chi connectivity index (χ1n) is 7.07. The van der Waals surface area contributed by atoms with Crippen LogP contribution in [0.4, 0.5) is 11.4 Å². The van der Waals surface area contributed by atoms with Gasteiger partial charge in [0.05, 0.1) is 10.6 Å². The number of hydrogen-bond donors (Lipinski definition) is 2. The Kier molecular flexibility index (Phi) is 4.83. The summed E-state index contributed by atoms with van der Waals surface area (Å²) in [6.45, 7) is 0. The van der Waals surface area contributed by atoms with Crippen molar-refractivity contribution in [1.82, 2.24) is 5.43 Å². The van der Waals surface area contributed by atoms with Crippen LogP contribution in [0.15, 0.2) is 42.0 Å². The molecule has 1 saturated heterocycles. The number of halogens is 2. The molecule has 0 aromatic heterocycles. The summed E-state index contributed by atoms with van der Waals surface area (Å²) in [6.07, 6.45) is 1.07. The van der Waals surface area contributed by atoms with Crippen LogP contribution in [0.1, 0.15) is 5.56 Å². The topological polar surface area (TPSA) is 113 Å². The maximum absolute atomic E-state index is 12.5. The molecule has 2 aromatic rings. The largest absolute Gasteiger partial charge is 0.502 e. The molecule has 2 N–H and O–H groups in total. The van der Waals surface area contributed by atoms with E-state index in [2.05, 4.69) is 28.0 Å². The summed E-state index contributed by atoms with van der Waals surface area (Å²) in [5.41, 5.74) is 1.85. The van der Waals surface area contributed by atoms with E-state index in [0.717, 1.165) is 20.7 Å². The lowest BCUT2D eigenvalue weighted by molar-refractivity contribution is -0.385. The minimum Gasteiger partial charge on any atom is -0.502 e. The van der Waals surface area contributed by atoms with Gasteiger partial charge in [-0.1, -0.05) is 11.6 Å². The molecule has 0 radical (unpaired) electrons. The van der Waals surface area contributed by atoms with Gasteiger partial charge in [-0.15, -0.1) is 0 Å². The quantitative estimate of drug-likeness (QED) is 0.228. The number of anilines is 1. The van der Waals surface area contributed by atoms with Gasteiger partial charge in [0.2, 0.25) is 5.75 Å². The van der Waals surface area contributed by atoms with Crippen molar-refractivity contribution in [3.05, 3.63) is 66.2 Å². The highest BCUT2D eigenvalue weighted by atomic mass is 127. The van der Waals surface area contributed by atoms with Crippen LogP contribution < -0.4 is 10.4 Å². The molecule has 0 saturated carbocycles. The fourth-order valence-corrected chi connectivity index (χ4v) is 2.92. The number of nitrogens with one attached hydrogen (secondary N) is 1. The number of phenols is 1. The highest BCUT2D eigenvalue weighted by molar-refractivity contribution is 14.1. The summed E-state index contributed by atoms with van der Waals surface area (Å²) in [6, 6.07) is 9.06. The molecule has 1 aliphatic heterocycles. The number of benzene rings is 2. The average molecular weight is 486 g/mol. The van der Waals surface area contributed by atoms with Crippen molar-refractivity contribution >= 4 is 63.5 Å². The molecule has 0 bridgehead atoms. The molecule has 132 valence electrons. The van der Waals surface area contributed by atoms with Gasteiger partial charge in [0.25, 0.3) is 11.8 Å². The second kappa shape index (κ2) is 6.92. The number of carbonyl (C=O) groups excluding carboxylic acids is 2. The zero-order chi connectivity index (χ0) is 19.0. The number of nitrogens with zero attached hydrogens (tertiary/aromatic N) is 2. The van der Waals surface area contributed by atoms with Crippen molar-refractivity contribution < 1.29 is 19.6 Å². The summed E-state index contributed by atoms with van der Waals surface area (Å²) in [4.78, 5) is 34.9. The minimum absolute atomic E-state index is 0.0123. The van der Waals surface area contributed by atoms with Crippen molar-refractivity contribution in [3.8, 4) is 5.75 Å². The van der Waals surface area contributed by atoms with E-state index in [1.165, 1.54) is 6.07 Å². The summed E-state index contributed by atoms with van der Waals surface area (Å²) in [5, 5.41) is 22.0. The summed E-state index contributed by atoms with van der Waals surface area (Å²) in [5.74, 6) is -2.03. The zero-order valence-electron chi connectivity index (χ0n) is 12.8. The Balaban J connectivity index is 2.02. The molecule has 3 rings (SSSR count). The van der Waals surface area contributed by atoms with E-state index in [4.69, 9.17) is 11.6 Å². The fraction of sp³-hybridized carbons (Fsp3) is 0. The van der Waals surface area contributed by atoms with Gasteiger partial charge in [0.1, 0.15) is 5.57 Å². The van der Waals surface area contributed by atoms with Gasteiger partial charge >= 0.3 is 5.69 Å². The van der Waals surface area contributed by atoms with E-state index in [0.29, 0.717) is 5.69 Å². The molecule has 0 aliphatic carbocycles. The molecule has 1 heterocycles. The van der Waals surface area contributed by atoms with Crippen molar-refractivity contribution in [3.63, 3.8) is 0 Å². The molecule has 0 atom stereocenters. The number of hydrogen-bond acceptors (Lipinski definition) is 5. The summed E-state index contributed by atoms with van der Waals surface area (Å²) >= 11 is 7.93. The van der Waals surface area contributed by atoms with Gasteiger partial charge in [-0.25, -0.2) is 5.01 Å². The van der Waals surface area contributed by atoms with Gasteiger partial charge in [-0.05, 0) is 59.0 Å². The van der Waals surface area contributed by atoms with Crippen molar-refractivity contribution in [2.24, 2.45) is 0 Å². The summed E-state index contributed by atoms with van der Waals surface area (Å²) < 4.78 is 0.955. The van der Waals surface area contributed by atoms with Crippen LogP contribution in [0.25, 0.3) is 6.08 Å². The molecule has 26 heavy (non-hydrogen) atoms. The number of rotatable bonds is 3. The van der Waals surface area contributed by atoms with E-state index in [1.54, 1.807) is 24.3 Å². The Morgan fingerprint density at radius 3 is 2.50 bits per heavy atom. The first-order chi connectivity index (χ1) is 12.3. The number of amides is 2. The Labute approximate surface area is 165 Å². The fourth-order valence-electron chi connectivity index (χ4n) is 2.34. The lowest BCUT2D eigenvalue weighted by Gasteiger charge is -2.14. The van der Waals surface area contributed by atoms with Gasteiger partial charge in [0.15, 0.2) is 0 Å². The van der Waals surface area contributed by atoms with Crippen LogP contribution >= 0.6 is 34.2 Å². The molecular weight excluding hydrogens is 477 g/mol. The molecule has 8 nitrogen and oxygen atoms in total. The summed E-state index contributed by atoms with van der Waals surface area (Å²) in [7, 11) is 0. The highest BCUT2D eigenvalue weighted by Gasteiger charge is 2.35. The molecular formula is C16H9ClIN3O5. The maximum Gasteiger partial charge on any atom is 0.312 e. The third-order valence-electron chi connectivity index (χ3n) is 3.56. The number of nitro benzene ring substituents is 1. The van der Waals surface area contributed by atoms with Gasteiger partial charge < -0.3 is 5.11 Å². The molecule has 0 spiro atoms. The Morgan fingerprint density at radius 2 is 1.88 bits per heavy atom. The molecule has 1 aliphatic rings. The molecule has 2 aromatic carbocycles. The Bertz CT molecular complexity index is 975. The SMILES string of the molecule is O=C1NN(c2ccc(I)cc2)C(=O)/C1=C\c1cc(Cl)cc([N+](=O)[O-])c1O. The molecule has 1 fully saturated rings. The van der Waals surface area contributed by atoms with Gasteiger partial charge in [-0.3, -0.25) is 25.1 Å². The lowest BCUT2D eigenvalue weighted by atomic mass is 10.1. The van der Waals surface area contributed by atoms with Gasteiger partial charge in [0, 0.05) is 20.2 Å². The molecule has 2 amide bonds. The highest BCUT2D eigenvalue weighted by Crippen LogP contribution is 2.35. The minimum atomic E-state index is -0.808. The first kappa shape index (κ1) is 18.1. The van der Waals surface area contributed by atoms with Crippen LogP contribution in [0.3, 0.4) is 0 Å². The maximum atomic E-state index is 12.5. The van der Waals surface area contributed by atoms with Crippen molar-refractivity contribution in [1.29, 1.82) is 0 Å². The number of nitro groups is 1. The van der Waals surface area contributed by atoms with Gasteiger partial charge in [-0.2, -0.15) is 0 Å². The normalized spacial score (nSPS) is 15.5. The second-order valence-corrected chi connectivity index (χ2v) is 6.92. The van der Waals surface area contributed by atoms with E-state index < -0.39 is 28.2 Å². The average Bonchev–Trinajstić information content (AvgIpc) is 2.86. The van der Waals surface area contributed by atoms with Crippen LogP contribution in [0, 0.1) is 13.7 Å². The van der Waals surface area contributed by atoms with Crippen LogP contribution in [-0.2, 0) is 9.59 Å². The number of hydrazine groups is 1. The van der Waals surface area contributed by atoms with Crippen molar-refractivity contribution in [2.75, 3.05) is 5.01 Å². The number of aromatic hydroxyl groups is 1. The van der Waals surface area contributed by atoms with Crippen LogP contribution in [-0.4, -0.2) is 21.8 Å². The number of carbonyl (C=O) groups is 2. The first-order valence-corrected chi connectivity index (χ1v) is 8.53. The third-order valence-corrected chi connectivity index (χ3v) is 4.49. The van der Waals surface area contributed by atoms with E-state index >= 15 is 0 Å². The predicted octanol–water partition coefficient (Wildman–Crippen LogP) is 3.02. The third kappa shape index (κ3) is 3.35. The second-order valence-electron chi connectivity index (χ2n) is 5.24. The van der Waals surface area contributed by atoms with Crippen LogP contribution in [0.2, 0.25) is 5.02 Å². The standard InChI is InChI=1S/C16H9ClIN3O5/c17-9-5-8(14(22)13(7-9)21(25)26)6-12-15(23)19-20(16(12)24)11-3-1-10(18)2-4-11/h1-7,22H,(H,19,23)/b12-6-. The molecule has 0 unspecified atom stereocenters. The van der Waals surface area contributed by atoms with Crippen LogP contribution in [0.5, 0.6) is 5.75 Å². The smallest absolute Gasteiger partial charge is 0.312 e. The Hall–Kier alpha value is -2.66. The zero-order valence-corrected chi connectivity index (χ0v) is 15.7. The Morgan fingerprint density at radius 1 is 1.23 bits per heavy atom.